The predicted octanol–water partition coefficient (Wildman–Crippen LogP) is 5.56. The van der Waals surface area contributed by atoms with Crippen LogP contribution in [0.15, 0.2) is 0 Å². The smallest absolute Gasteiger partial charge is 0.0652 e. The average molecular weight is 238 g/mol. The number of hydrogen-bond acceptors (Lipinski definition) is 0. The molecule has 0 aromatic rings. The summed E-state index contributed by atoms with van der Waals surface area (Å²) in [7, 11) is 0. The second kappa shape index (κ2) is 8.98. The summed E-state index contributed by atoms with van der Waals surface area (Å²) in [6, 6.07) is 0. The van der Waals surface area contributed by atoms with Crippen molar-refractivity contribution >= 4 is 17.9 Å². The van der Waals surface area contributed by atoms with Crippen LogP contribution in [0, 0.1) is 0 Å². The van der Waals surface area contributed by atoms with Gasteiger partial charge in [-0.15, -0.1) is 0 Å². The van der Waals surface area contributed by atoms with Gasteiger partial charge in [0.25, 0.3) is 0 Å². The van der Waals surface area contributed by atoms with Crippen LogP contribution >= 0.6 is 17.9 Å². The van der Waals surface area contributed by atoms with Gasteiger partial charge >= 0.3 is 0 Å². The number of halogens is 1. The van der Waals surface area contributed by atoms with E-state index >= 15 is 0 Å². The van der Waals surface area contributed by atoms with Crippen LogP contribution in [0.25, 0.3) is 0 Å². The highest BCUT2D eigenvalue weighted by molar-refractivity contribution is 7.99. The van der Waals surface area contributed by atoms with E-state index in [4.69, 9.17) is 11.2 Å². The first-order valence-electron chi connectivity index (χ1n) is 6.24. The van der Waals surface area contributed by atoms with E-state index in [2.05, 4.69) is 20.8 Å². The van der Waals surface area contributed by atoms with Gasteiger partial charge in [-0.25, -0.2) is 0 Å². The van der Waals surface area contributed by atoms with Crippen molar-refractivity contribution in [1.29, 1.82) is 0 Å². The average Bonchev–Trinajstić information content (AvgIpc) is 2.21. The van der Waals surface area contributed by atoms with Crippen molar-refractivity contribution in [3.63, 3.8) is 0 Å². The highest BCUT2D eigenvalue weighted by Crippen LogP contribution is 2.65. The Balaban J connectivity index is 3.89. The lowest BCUT2D eigenvalue weighted by Gasteiger charge is -2.18. The van der Waals surface area contributed by atoms with E-state index in [-0.39, 0.29) is 0 Å². The Morgan fingerprint density at radius 3 is 1.21 bits per heavy atom. The van der Waals surface area contributed by atoms with Crippen molar-refractivity contribution in [3.05, 3.63) is 0 Å². The zero-order valence-corrected chi connectivity index (χ0v) is 11.8. The first-order chi connectivity index (χ1) is 6.68. The van der Waals surface area contributed by atoms with Crippen molar-refractivity contribution in [2.24, 2.45) is 0 Å². The Labute approximate surface area is 95.9 Å². The Morgan fingerprint density at radius 2 is 1.00 bits per heavy atom. The first-order valence-corrected chi connectivity index (χ1v) is 9.49. The normalized spacial score (nSPS) is 12.0. The standard InChI is InChI=1S/C12H27ClP/c1-4-7-10-14(13,11-8-5-2)12-9-6-3/h4-12H2,1-3H3/q+1. The lowest BCUT2D eigenvalue weighted by molar-refractivity contribution is 0.844. The van der Waals surface area contributed by atoms with Gasteiger partial charge in [0, 0.05) is 0 Å². The zero-order valence-electron chi connectivity index (χ0n) is 10.2. The van der Waals surface area contributed by atoms with E-state index in [1.165, 1.54) is 57.0 Å². The third-order valence-corrected chi connectivity index (χ3v) is 7.61. The van der Waals surface area contributed by atoms with Gasteiger partial charge in [0.1, 0.15) is 6.62 Å². The molecular weight excluding hydrogens is 211 g/mol. The summed E-state index contributed by atoms with van der Waals surface area (Å²) in [6.45, 7) is 5.75. The van der Waals surface area contributed by atoms with Crippen molar-refractivity contribution in [2.75, 3.05) is 18.5 Å². The van der Waals surface area contributed by atoms with Crippen LogP contribution in [-0.4, -0.2) is 18.5 Å². The summed E-state index contributed by atoms with van der Waals surface area (Å²) < 4.78 is 0. The molecule has 0 aromatic carbocycles. The second-order valence-electron chi connectivity index (χ2n) is 4.26. The molecule has 0 N–H and O–H groups in total. The van der Waals surface area contributed by atoms with E-state index in [1.807, 2.05) is 0 Å². The third-order valence-electron chi connectivity index (χ3n) is 2.74. The highest BCUT2D eigenvalue weighted by atomic mass is 35.7. The van der Waals surface area contributed by atoms with Crippen LogP contribution in [-0.2, 0) is 0 Å². The van der Waals surface area contributed by atoms with Crippen LogP contribution in [0.4, 0.5) is 0 Å². The summed E-state index contributed by atoms with van der Waals surface area (Å²) in [6.07, 6.45) is 11.9. The third kappa shape index (κ3) is 7.07. The molecule has 0 saturated heterocycles. The minimum Gasteiger partial charge on any atom is -0.0652 e. The van der Waals surface area contributed by atoms with Gasteiger partial charge in [-0.2, -0.15) is 0 Å². The maximum atomic E-state index is 6.79. The molecule has 0 amide bonds. The maximum Gasteiger partial charge on any atom is 0.113 e. The molecule has 0 bridgehead atoms. The zero-order chi connectivity index (χ0) is 10.9. The molecule has 14 heavy (non-hydrogen) atoms. The molecule has 0 saturated carbocycles. The van der Waals surface area contributed by atoms with Crippen molar-refractivity contribution in [2.45, 2.75) is 59.3 Å². The van der Waals surface area contributed by atoms with Gasteiger partial charge in [-0.3, -0.25) is 0 Å². The fraction of sp³-hybridized carbons (Fsp3) is 1.00. The topological polar surface area (TPSA) is 0 Å². The molecule has 0 fully saturated rings. The predicted molar refractivity (Wildman–Crippen MR) is 72.1 cm³/mol. The molecule has 0 unspecified atom stereocenters. The van der Waals surface area contributed by atoms with Gasteiger partial charge in [-0.05, 0) is 19.3 Å². The molecule has 0 heterocycles. The quantitative estimate of drug-likeness (QED) is 0.461. The lowest BCUT2D eigenvalue weighted by atomic mass is 10.4. The maximum absolute atomic E-state index is 6.79. The lowest BCUT2D eigenvalue weighted by Crippen LogP contribution is -2.02. The van der Waals surface area contributed by atoms with Crippen LogP contribution < -0.4 is 0 Å². The van der Waals surface area contributed by atoms with Gasteiger partial charge in [0.2, 0.25) is 0 Å². The molecule has 0 radical (unpaired) electrons. The molecule has 0 atom stereocenters. The number of hydrogen-bond donors (Lipinski definition) is 0. The summed E-state index contributed by atoms with van der Waals surface area (Å²) in [5.41, 5.74) is 0. The van der Waals surface area contributed by atoms with E-state index < -0.39 is 6.62 Å². The Bertz CT molecular complexity index is 104. The minimum absolute atomic E-state index is 1.05. The fourth-order valence-corrected chi connectivity index (χ4v) is 6.06. The molecule has 0 aliphatic heterocycles. The van der Waals surface area contributed by atoms with Crippen LogP contribution in [0.5, 0.6) is 0 Å². The van der Waals surface area contributed by atoms with E-state index in [0.29, 0.717) is 0 Å². The number of unbranched alkanes of at least 4 members (excludes halogenated alkanes) is 3. The molecule has 0 nitrogen and oxygen atoms in total. The van der Waals surface area contributed by atoms with Gasteiger partial charge < -0.3 is 0 Å². The Hall–Kier alpha value is 0.720. The van der Waals surface area contributed by atoms with Crippen molar-refractivity contribution in [1.82, 2.24) is 0 Å². The SMILES string of the molecule is CCCC[P+](Cl)(CCCC)CCCC. The minimum atomic E-state index is -1.05. The molecule has 0 aliphatic rings. The van der Waals surface area contributed by atoms with E-state index in [9.17, 15) is 0 Å². The largest absolute Gasteiger partial charge is 0.113 e. The van der Waals surface area contributed by atoms with Crippen LogP contribution in [0.2, 0.25) is 0 Å². The molecule has 0 aromatic heterocycles. The summed E-state index contributed by atoms with van der Waals surface area (Å²) in [5.74, 6) is 0. The van der Waals surface area contributed by atoms with Crippen molar-refractivity contribution in [3.8, 4) is 0 Å². The van der Waals surface area contributed by atoms with E-state index in [1.54, 1.807) is 0 Å². The van der Waals surface area contributed by atoms with Gasteiger partial charge in [0.05, 0.1) is 29.7 Å². The highest BCUT2D eigenvalue weighted by Gasteiger charge is 2.33. The second-order valence-corrected chi connectivity index (χ2v) is 9.81. The molecular formula is C12H27ClP+. The number of rotatable bonds is 9. The van der Waals surface area contributed by atoms with Crippen LogP contribution in [0.1, 0.15) is 59.3 Å². The monoisotopic (exact) mass is 237 g/mol. The van der Waals surface area contributed by atoms with Crippen molar-refractivity contribution < 1.29 is 0 Å². The molecule has 2 heteroatoms. The fourth-order valence-electron chi connectivity index (χ4n) is 1.66. The van der Waals surface area contributed by atoms with Crippen LogP contribution in [0.3, 0.4) is 0 Å². The first kappa shape index (κ1) is 14.7. The van der Waals surface area contributed by atoms with E-state index in [0.717, 1.165) is 0 Å². The summed E-state index contributed by atoms with van der Waals surface area (Å²) in [4.78, 5) is 0. The Morgan fingerprint density at radius 1 is 0.714 bits per heavy atom. The molecule has 0 aliphatic carbocycles. The van der Waals surface area contributed by atoms with Gasteiger partial charge in [-0.1, -0.05) is 40.0 Å². The Kier molecular flexibility index (Phi) is 9.45. The molecule has 0 spiro atoms. The van der Waals surface area contributed by atoms with Gasteiger partial charge in [0.15, 0.2) is 0 Å². The summed E-state index contributed by atoms with van der Waals surface area (Å²) >= 11 is 6.79. The summed E-state index contributed by atoms with van der Waals surface area (Å²) in [5, 5.41) is 0. The molecule has 0 rings (SSSR count). The molecule has 86 valence electrons.